The van der Waals surface area contributed by atoms with Crippen molar-refractivity contribution in [2.45, 2.75) is 43.5 Å². The van der Waals surface area contributed by atoms with E-state index in [9.17, 15) is 4.79 Å². The third-order valence-electron chi connectivity index (χ3n) is 3.87. The molecule has 0 bridgehead atoms. The number of hydrogen-bond donors (Lipinski definition) is 0. The molecule has 1 aromatic carbocycles. The van der Waals surface area contributed by atoms with Crippen LogP contribution >= 0.6 is 27.5 Å². The van der Waals surface area contributed by atoms with Crippen LogP contribution in [0.25, 0.3) is 0 Å². The summed E-state index contributed by atoms with van der Waals surface area (Å²) in [6, 6.07) is 5.76. The lowest BCUT2D eigenvalue weighted by Gasteiger charge is -2.35. The van der Waals surface area contributed by atoms with E-state index >= 15 is 0 Å². The van der Waals surface area contributed by atoms with Crippen molar-refractivity contribution < 1.29 is 4.79 Å². The maximum Gasteiger partial charge on any atom is 0.253 e. The Hall–Kier alpha value is -0.540. The van der Waals surface area contributed by atoms with Crippen LogP contribution in [-0.4, -0.2) is 28.7 Å². The number of rotatable bonds is 2. The third-order valence-corrected chi connectivity index (χ3v) is 5.36. The van der Waals surface area contributed by atoms with Gasteiger partial charge in [-0.15, -0.1) is 0 Å². The van der Waals surface area contributed by atoms with Crippen molar-refractivity contribution >= 4 is 33.4 Å². The standard InChI is InChI=1S/C15H19BrClNO/c1-10-9-11(7-8-13(10)17)15(19)18(2)14-6-4-3-5-12(14)16/h7-9,12,14H,3-6H2,1-2H3. The Balaban J connectivity index is 2.15. The smallest absolute Gasteiger partial charge is 0.253 e. The summed E-state index contributed by atoms with van der Waals surface area (Å²) in [5, 5.41) is 0.704. The summed E-state index contributed by atoms with van der Waals surface area (Å²) in [4.78, 5) is 14.8. The van der Waals surface area contributed by atoms with Crippen molar-refractivity contribution in [2.24, 2.45) is 0 Å². The Kier molecular flexibility index (Phi) is 4.91. The van der Waals surface area contributed by atoms with Gasteiger partial charge in [-0.25, -0.2) is 0 Å². The Bertz CT molecular complexity index is 477. The molecule has 104 valence electrons. The minimum absolute atomic E-state index is 0.0797. The molecule has 4 heteroatoms. The van der Waals surface area contributed by atoms with E-state index < -0.39 is 0 Å². The van der Waals surface area contributed by atoms with Gasteiger partial charge in [0, 0.05) is 28.5 Å². The van der Waals surface area contributed by atoms with E-state index in [2.05, 4.69) is 15.9 Å². The molecule has 19 heavy (non-hydrogen) atoms. The molecular formula is C15H19BrClNO. The summed E-state index contributed by atoms with van der Waals surface area (Å²) >= 11 is 9.71. The normalized spacial score (nSPS) is 23.2. The number of carbonyl (C=O) groups is 1. The Labute approximate surface area is 128 Å². The SMILES string of the molecule is Cc1cc(C(=O)N(C)C2CCCCC2Br)ccc1Cl. The second-order valence-corrected chi connectivity index (χ2v) is 6.83. The van der Waals surface area contributed by atoms with Gasteiger partial charge in [0.15, 0.2) is 0 Å². The van der Waals surface area contributed by atoms with Gasteiger partial charge in [-0.05, 0) is 43.5 Å². The van der Waals surface area contributed by atoms with E-state index in [0.717, 1.165) is 24.0 Å². The zero-order valence-corrected chi connectivity index (χ0v) is 13.7. The Morgan fingerprint density at radius 2 is 2.05 bits per heavy atom. The molecular weight excluding hydrogens is 326 g/mol. The Morgan fingerprint density at radius 3 is 2.68 bits per heavy atom. The van der Waals surface area contributed by atoms with E-state index in [0.29, 0.717) is 9.85 Å². The molecule has 1 aliphatic carbocycles. The molecule has 2 atom stereocenters. The minimum atomic E-state index is 0.0797. The molecule has 2 unspecified atom stereocenters. The van der Waals surface area contributed by atoms with Gasteiger partial charge in [-0.1, -0.05) is 40.4 Å². The van der Waals surface area contributed by atoms with E-state index in [1.165, 1.54) is 12.8 Å². The molecule has 2 nitrogen and oxygen atoms in total. The first kappa shape index (κ1) is 14.9. The zero-order valence-electron chi connectivity index (χ0n) is 11.3. The molecule has 0 radical (unpaired) electrons. The average molecular weight is 345 g/mol. The molecule has 0 heterocycles. The van der Waals surface area contributed by atoms with Gasteiger partial charge in [0.25, 0.3) is 5.91 Å². The number of nitrogens with zero attached hydrogens (tertiary/aromatic N) is 1. The van der Waals surface area contributed by atoms with Crippen molar-refractivity contribution in [1.82, 2.24) is 4.90 Å². The molecule has 1 saturated carbocycles. The second kappa shape index (κ2) is 6.27. The van der Waals surface area contributed by atoms with Gasteiger partial charge in [0.05, 0.1) is 0 Å². The van der Waals surface area contributed by atoms with Gasteiger partial charge in [-0.2, -0.15) is 0 Å². The lowest BCUT2D eigenvalue weighted by atomic mass is 9.94. The van der Waals surface area contributed by atoms with Gasteiger partial charge in [-0.3, -0.25) is 4.79 Å². The van der Waals surface area contributed by atoms with Crippen LogP contribution in [0.4, 0.5) is 0 Å². The van der Waals surface area contributed by atoms with Crippen LogP contribution in [0.5, 0.6) is 0 Å². The summed E-state index contributed by atoms with van der Waals surface area (Å²) in [6.45, 7) is 1.92. The molecule has 0 aromatic heterocycles. The second-order valence-electron chi connectivity index (χ2n) is 5.25. The molecule has 1 aliphatic rings. The lowest BCUT2D eigenvalue weighted by molar-refractivity contribution is 0.0704. The molecule has 0 saturated heterocycles. The lowest BCUT2D eigenvalue weighted by Crippen LogP contribution is -2.44. The molecule has 0 N–H and O–H groups in total. The van der Waals surface area contributed by atoms with E-state index in [-0.39, 0.29) is 11.9 Å². The van der Waals surface area contributed by atoms with Crippen molar-refractivity contribution in [3.8, 4) is 0 Å². The monoisotopic (exact) mass is 343 g/mol. The van der Waals surface area contributed by atoms with E-state index in [4.69, 9.17) is 11.6 Å². The number of aryl methyl sites for hydroxylation is 1. The van der Waals surface area contributed by atoms with Gasteiger partial charge in [0.1, 0.15) is 0 Å². The minimum Gasteiger partial charge on any atom is -0.338 e. The van der Waals surface area contributed by atoms with Crippen LogP contribution in [0.2, 0.25) is 5.02 Å². The summed E-state index contributed by atoms with van der Waals surface area (Å²) in [6.07, 6.45) is 4.66. The van der Waals surface area contributed by atoms with Crippen LogP contribution in [0, 0.1) is 6.92 Å². The van der Waals surface area contributed by atoms with Crippen LogP contribution in [-0.2, 0) is 0 Å². The fourth-order valence-corrected chi connectivity index (χ4v) is 3.69. The maximum atomic E-state index is 12.5. The molecule has 0 spiro atoms. The fourth-order valence-electron chi connectivity index (χ4n) is 2.63. The first-order chi connectivity index (χ1) is 9.00. The highest BCUT2D eigenvalue weighted by Gasteiger charge is 2.29. The predicted octanol–water partition coefficient (Wildman–Crippen LogP) is 4.43. The Morgan fingerprint density at radius 1 is 1.37 bits per heavy atom. The number of hydrogen-bond acceptors (Lipinski definition) is 1. The summed E-state index contributed by atoms with van der Waals surface area (Å²) < 4.78 is 0. The van der Waals surface area contributed by atoms with Gasteiger partial charge >= 0.3 is 0 Å². The van der Waals surface area contributed by atoms with Crippen LogP contribution in [0.3, 0.4) is 0 Å². The summed E-state index contributed by atoms with van der Waals surface area (Å²) in [5.41, 5.74) is 1.66. The number of alkyl halides is 1. The first-order valence-corrected chi connectivity index (χ1v) is 7.97. The highest BCUT2D eigenvalue weighted by molar-refractivity contribution is 9.09. The van der Waals surface area contributed by atoms with E-state index in [1.807, 2.05) is 24.9 Å². The number of benzene rings is 1. The van der Waals surface area contributed by atoms with Gasteiger partial charge in [0.2, 0.25) is 0 Å². The maximum absolute atomic E-state index is 12.5. The summed E-state index contributed by atoms with van der Waals surface area (Å²) in [5.74, 6) is 0.0797. The molecule has 0 aliphatic heterocycles. The number of halogens is 2. The fraction of sp³-hybridized carbons (Fsp3) is 0.533. The van der Waals surface area contributed by atoms with Crippen molar-refractivity contribution in [3.63, 3.8) is 0 Å². The molecule has 1 fully saturated rings. The van der Waals surface area contributed by atoms with Crippen molar-refractivity contribution in [1.29, 1.82) is 0 Å². The highest BCUT2D eigenvalue weighted by atomic mass is 79.9. The van der Waals surface area contributed by atoms with Crippen LogP contribution in [0.1, 0.15) is 41.6 Å². The van der Waals surface area contributed by atoms with E-state index in [1.54, 1.807) is 12.1 Å². The zero-order chi connectivity index (χ0) is 14.0. The quantitative estimate of drug-likeness (QED) is 0.727. The summed E-state index contributed by atoms with van der Waals surface area (Å²) in [7, 11) is 1.90. The average Bonchev–Trinajstić information content (AvgIpc) is 2.41. The van der Waals surface area contributed by atoms with Gasteiger partial charge < -0.3 is 4.90 Å². The largest absolute Gasteiger partial charge is 0.338 e. The first-order valence-electron chi connectivity index (χ1n) is 6.68. The molecule has 2 rings (SSSR count). The van der Waals surface area contributed by atoms with Crippen LogP contribution in [0.15, 0.2) is 18.2 Å². The molecule has 1 aromatic rings. The number of amides is 1. The topological polar surface area (TPSA) is 20.3 Å². The van der Waals surface area contributed by atoms with Crippen LogP contribution < -0.4 is 0 Å². The third kappa shape index (κ3) is 3.32. The predicted molar refractivity (Wildman–Crippen MR) is 83.3 cm³/mol. The molecule has 1 amide bonds. The van der Waals surface area contributed by atoms with Crippen molar-refractivity contribution in [2.75, 3.05) is 7.05 Å². The number of carbonyl (C=O) groups excluding carboxylic acids is 1. The van der Waals surface area contributed by atoms with Crippen molar-refractivity contribution in [3.05, 3.63) is 34.3 Å². The highest BCUT2D eigenvalue weighted by Crippen LogP contribution is 2.29.